The van der Waals surface area contributed by atoms with E-state index in [-0.39, 0.29) is 10.7 Å². The van der Waals surface area contributed by atoms with Gasteiger partial charge in [0.25, 0.3) is 5.91 Å². The standard InChI is InChI=1S/C15H12Cl3N3O2/c1-7-11(13(18)19-8(2)12(7)17)14(22)21-15(23)20-10-5-3-9(16)4-6-10/h3-6H,1-2H3,(H2,20,21,22,23). The number of pyridine rings is 1. The van der Waals surface area contributed by atoms with E-state index in [0.29, 0.717) is 27.0 Å². The van der Waals surface area contributed by atoms with Crippen LogP contribution in [-0.2, 0) is 0 Å². The van der Waals surface area contributed by atoms with Crippen LogP contribution >= 0.6 is 34.8 Å². The van der Waals surface area contributed by atoms with Crippen molar-refractivity contribution >= 4 is 52.4 Å². The SMILES string of the molecule is Cc1nc(Cl)c(C(=O)NC(=O)Nc2ccc(Cl)cc2)c(C)c1Cl. The summed E-state index contributed by atoms with van der Waals surface area (Å²) >= 11 is 17.8. The predicted molar refractivity (Wildman–Crippen MR) is 91.7 cm³/mol. The largest absolute Gasteiger partial charge is 0.326 e. The van der Waals surface area contributed by atoms with Crippen molar-refractivity contribution in [1.29, 1.82) is 0 Å². The van der Waals surface area contributed by atoms with Gasteiger partial charge < -0.3 is 5.32 Å². The minimum absolute atomic E-state index is 0.0128. The number of hydrogen-bond donors (Lipinski definition) is 2. The molecule has 2 aromatic rings. The lowest BCUT2D eigenvalue weighted by Gasteiger charge is -2.12. The summed E-state index contributed by atoms with van der Waals surface area (Å²) in [5.41, 5.74) is 1.52. The summed E-state index contributed by atoms with van der Waals surface area (Å²) < 4.78 is 0. The number of nitrogens with zero attached hydrogens (tertiary/aromatic N) is 1. The van der Waals surface area contributed by atoms with E-state index >= 15 is 0 Å². The molecule has 8 heteroatoms. The lowest BCUT2D eigenvalue weighted by Crippen LogP contribution is -2.35. The Labute approximate surface area is 148 Å². The molecule has 0 atom stereocenters. The molecule has 0 aliphatic heterocycles. The van der Waals surface area contributed by atoms with Gasteiger partial charge in [0.1, 0.15) is 5.15 Å². The van der Waals surface area contributed by atoms with Crippen LogP contribution in [0.3, 0.4) is 0 Å². The number of amides is 3. The molecule has 2 rings (SSSR count). The van der Waals surface area contributed by atoms with E-state index in [0.717, 1.165) is 0 Å². The van der Waals surface area contributed by atoms with Crippen molar-refractivity contribution in [2.75, 3.05) is 5.32 Å². The van der Waals surface area contributed by atoms with Crippen molar-refractivity contribution in [3.05, 3.63) is 56.3 Å². The highest BCUT2D eigenvalue weighted by molar-refractivity contribution is 6.36. The third-order valence-corrected chi connectivity index (χ3v) is 4.13. The van der Waals surface area contributed by atoms with Gasteiger partial charge in [0.2, 0.25) is 0 Å². The van der Waals surface area contributed by atoms with Crippen LogP contribution in [0.1, 0.15) is 21.6 Å². The van der Waals surface area contributed by atoms with Gasteiger partial charge in [0.05, 0.1) is 16.3 Å². The zero-order valence-electron chi connectivity index (χ0n) is 12.2. The molecule has 0 spiro atoms. The molecule has 0 bridgehead atoms. The van der Waals surface area contributed by atoms with Crippen molar-refractivity contribution in [2.45, 2.75) is 13.8 Å². The van der Waals surface area contributed by atoms with Gasteiger partial charge in [0, 0.05) is 10.7 Å². The van der Waals surface area contributed by atoms with E-state index in [1.165, 1.54) is 0 Å². The minimum atomic E-state index is -0.704. The van der Waals surface area contributed by atoms with Crippen LogP contribution in [0.15, 0.2) is 24.3 Å². The summed E-state index contributed by atoms with van der Waals surface area (Å²) in [7, 11) is 0. The van der Waals surface area contributed by atoms with Gasteiger partial charge in [0.15, 0.2) is 0 Å². The fourth-order valence-electron chi connectivity index (χ4n) is 1.91. The van der Waals surface area contributed by atoms with Crippen LogP contribution in [0.2, 0.25) is 15.2 Å². The van der Waals surface area contributed by atoms with Crippen molar-refractivity contribution < 1.29 is 9.59 Å². The summed E-state index contributed by atoms with van der Waals surface area (Å²) in [6.45, 7) is 3.31. The van der Waals surface area contributed by atoms with E-state index in [1.807, 2.05) is 0 Å². The minimum Gasteiger partial charge on any atom is -0.308 e. The average molecular weight is 373 g/mol. The first-order valence-electron chi connectivity index (χ1n) is 6.49. The number of imide groups is 1. The summed E-state index contributed by atoms with van der Waals surface area (Å²) in [5, 5.41) is 5.55. The number of benzene rings is 1. The first-order valence-corrected chi connectivity index (χ1v) is 7.63. The van der Waals surface area contributed by atoms with Crippen LogP contribution in [0.5, 0.6) is 0 Å². The van der Waals surface area contributed by atoms with E-state index in [4.69, 9.17) is 34.8 Å². The van der Waals surface area contributed by atoms with Crippen molar-refractivity contribution in [3.63, 3.8) is 0 Å². The lowest BCUT2D eigenvalue weighted by atomic mass is 10.1. The summed E-state index contributed by atoms with van der Waals surface area (Å²) in [4.78, 5) is 28.1. The molecular formula is C15H12Cl3N3O2. The van der Waals surface area contributed by atoms with Crippen LogP contribution < -0.4 is 10.6 Å². The molecule has 23 heavy (non-hydrogen) atoms. The van der Waals surface area contributed by atoms with E-state index in [9.17, 15) is 9.59 Å². The Morgan fingerprint density at radius 1 is 1.04 bits per heavy atom. The number of halogens is 3. The molecule has 1 aromatic heterocycles. The van der Waals surface area contributed by atoms with Gasteiger partial charge in [-0.15, -0.1) is 0 Å². The van der Waals surface area contributed by atoms with Gasteiger partial charge >= 0.3 is 6.03 Å². The Hall–Kier alpha value is -1.82. The molecule has 0 unspecified atom stereocenters. The van der Waals surface area contributed by atoms with Crippen LogP contribution in [-0.4, -0.2) is 16.9 Å². The number of carbonyl (C=O) groups excluding carboxylic acids is 2. The zero-order chi connectivity index (χ0) is 17.1. The molecule has 0 saturated heterocycles. The second-order valence-electron chi connectivity index (χ2n) is 4.72. The molecule has 0 aliphatic carbocycles. The molecule has 0 saturated carbocycles. The Morgan fingerprint density at radius 3 is 2.26 bits per heavy atom. The number of aromatic nitrogens is 1. The van der Waals surface area contributed by atoms with Crippen LogP contribution in [0.25, 0.3) is 0 Å². The fraction of sp³-hybridized carbons (Fsp3) is 0.133. The zero-order valence-corrected chi connectivity index (χ0v) is 14.5. The number of nitrogens with one attached hydrogen (secondary N) is 2. The number of anilines is 1. The molecular weight excluding hydrogens is 361 g/mol. The first-order chi connectivity index (χ1) is 10.8. The highest BCUT2D eigenvalue weighted by Crippen LogP contribution is 2.27. The third kappa shape index (κ3) is 4.13. The topological polar surface area (TPSA) is 71.1 Å². The summed E-state index contributed by atoms with van der Waals surface area (Å²) in [6, 6.07) is 5.74. The van der Waals surface area contributed by atoms with Crippen molar-refractivity contribution in [1.82, 2.24) is 10.3 Å². The normalized spacial score (nSPS) is 10.3. The third-order valence-electron chi connectivity index (χ3n) is 3.05. The highest BCUT2D eigenvalue weighted by Gasteiger charge is 2.20. The van der Waals surface area contributed by atoms with E-state index < -0.39 is 11.9 Å². The number of aryl methyl sites for hydroxylation is 1. The maximum atomic E-state index is 12.2. The second kappa shape index (κ2) is 7.17. The first kappa shape index (κ1) is 17.5. The Balaban J connectivity index is 2.14. The number of carbonyl (C=O) groups is 2. The molecule has 0 fully saturated rings. The summed E-state index contributed by atoms with van der Waals surface area (Å²) in [6.07, 6.45) is 0. The van der Waals surface area contributed by atoms with Crippen LogP contribution in [0, 0.1) is 13.8 Å². The van der Waals surface area contributed by atoms with Crippen molar-refractivity contribution in [3.8, 4) is 0 Å². The maximum absolute atomic E-state index is 12.2. The number of urea groups is 1. The fourth-order valence-corrected chi connectivity index (χ4v) is 2.53. The summed E-state index contributed by atoms with van der Waals surface area (Å²) in [5.74, 6) is -0.687. The van der Waals surface area contributed by atoms with Crippen molar-refractivity contribution in [2.24, 2.45) is 0 Å². The van der Waals surface area contributed by atoms with Gasteiger partial charge in [-0.3, -0.25) is 10.1 Å². The average Bonchev–Trinajstić information content (AvgIpc) is 2.47. The molecule has 5 nitrogen and oxygen atoms in total. The van der Waals surface area contributed by atoms with Gasteiger partial charge in [-0.05, 0) is 43.7 Å². The van der Waals surface area contributed by atoms with E-state index in [1.54, 1.807) is 38.1 Å². The molecule has 3 amide bonds. The predicted octanol–water partition coefficient (Wildman–Crippen LogP) is 4.62. The van der Waals surface area contributed by atoms with E-state index in [2.05, 4.69) is 15.6 Å². The highest BCUT2D eigenvalue weighted by atomic mass is 35.5. The Morgan fingerprint density at radius 2 is 1.65 bits per heavy atom. The monoisotopic (exact) mass is 371 g/mol. The molecule has 2 N–H and O–H groups in total. The second-order valence-corrected chi connectivity index (χ2v) is 5.89. The van der Waals surface area contributed by atoms with Gasteiger partial charge in [-0.2, -0.15) is 0 Å². The molecule has 1 heterocycles. The smallest absolute Gasteiger partial charge is 0.308 e. The molecule has 1 aromatic carbocycles. The number of hydrogen-bond acceptors (Lipinski definition) is 3. The number of rotatable bonds is 2. The molecule has 120 valence electrons. The quantitative estimate of drug-likeness (QED) is 0.756. The maximum Gasteiger partial charge on any atom is 0.326 e. The Kier molecular flexibility index (Phi) is 5.46. The lowest BCUT2D eigenvalue weighted by molar-refractivity contribution is 0.0966. The van der Waals surface area contributed by atoms with Gasteiger partial charge in [-0.1, -0.05) is 34.8 Å². The molecule has 0 aliphatic rings. The molecule has 0 radical (unpaired) electrons. The van der Waals surface area contributed by atoms with Gasteiger partial charge in [-0.25, -0.2) is 9.78 Å². The Bertz CT molecular complexity index is 777. The van der Waals surface area contributed by atoms with Crippen LogP contribution in [0.4, 0.5) is 10.5 Å².